The van der Waals surface area contributed by atoms with Gasteiger partial charge in [-0.2, -0.15) is 10.1 Å². The van der Waals surface area contributed by atoms with Gasteiger partial charge in [0.2, 0.25) is 17.0 Å². The van der Waals surface area contributed by atoms with Gasteiger partial charge in [0, 0.05) is 15.7 Å². The highest BCUT2D eigenvalue weighted by Gasteiger charge is 2.13. The molecule has 0 radical (unpaired) electrons. The van der Waals surface area contributed by atoms with Crippen molar-refractivity contribution in [1.29, 1.82) is 0 Å². The second-order valence-corrected chi connectivity index (χ2v) is 7.90. The van der Waals surface area contributed by atoms with Gasteiger partial charge < -0.3 is 5.32 Å². The van der Waals surface area contributed by atoms with Gasteiger partial charge in [-0.3, -0.25) is 9.79 Å². The van der Waals surface area contributed by atoms with E-state index in [1.165, 1.54) is 17.3 Å². The summed E-state index contributed by atoms with van der Waals surface area (Å²) in [4.78, 5) is 20.8. The van der Waals surface area contributed by atoms with Crippen molar-refractivity contribution in [3.63, 3.8) is 0 Å². The summed E-state index contributed by atoms with van der Waals surface area (Å²) in [7, 11) is 0. The molecular formula is C19H16BrN7OS. The predicted octanol–water partition coefficient (Wildman–Crippen LogP) is 3.70. The molecule has 0 spiro atoms. The number of aliphatic imine (C=N–C) groups is 1. The fourth-order valence-electron chi connectivity index (χ4n) is 2.68. The standard InChI is InChI=1S/C19H16BrN7OS/c20-13-5-3-6-14(8-13)23-17(28)11-29-19-24-18(26-27-19)25-22-10-16-15-7-2-1-4-12(15)9-21-16/h1-8,10H,9,11H2,(H,23,28)(H2,24,25,26,27)/b22-10-. The molecule has 2 heterocycles. The second kappa shape index (κ2) is 9.01. The number of amides is 1. The Morgan fingerprint density at radius 2 is 2.17 bits per heavy atom. The van der Waals surface area contributed by atoms with E-state index >= 15 is 0 Å². The number of hydrogen-bond acceptors (Lipinski definition) is 7. The number of fused-ring (bicyclic) bond motifs is 1. The van der Waals surface area contributed by atoms with E-state index in [1.54, 1.807) is 6.21 Å². The molecule has 4 rings (SSSR count). The number of nitrogens with zero attached hydrogens (tertiary/aromatic N) is 4. The van der Waals surface area contributed by atoms with E-state index in [4.69, 9.17) is 0 Å². The average molecular weight is 470 g/mol. The highest BCUT2D eigenvalue weighted by Crippen LogP contribution is 2.19. The van der Waals surface area contributed by atoms with Gasteiger partial charge in [0.05, 0.1) is 24.2 Å². The van der Waals surface area contributed by atoms with Crippen LogP contribution in [-0.4, -0.2) is 38.8 Å². The summed E-state index contributed by atoms with van der Waals surface area (Å²) in [6.07, 6.45) is 1.66. The van der Waals surface area contributed by atoms with E-state index in [9.17, 15) is 4.79 Å². The van der Waals surface area contributed by atoms with Crippen LogP contribution in [0.4, 0.5) is 11.6 Å². The molecule has 0 bridgehead atoms. The molecule has 0 aliphatic carbocycles. The second-order valence-electron chi connectivity index (χ2n) is 6.04. The fraction of sp³-hybridized carbons (Fsp3) is 0.105. The van der Waals surface area contributed by atoms with E-state index in [2.05, 4.69) is 58.0 Å². The largest absolute Gasteiger partial charge is 0.325 e. The molecule has 10 heteroatoms. The molecule has 0 unspecified atom stereocenters. The summed E-state index contributed by atoms with van der Waals surface area (Å²) in [6.45, 7) is 0.669. The predicted molar refractivity (Wildman–Crippen MR) is 119 cm³/mol. The van der Waals surface area contributed by atoms with Crippen molar-refractivity contribution in [2.24, 2.45) is 10.1 Å². The van der Waals surface area contributed by atoms with Crippen LogP contribution in [0.5, 0.6) is 0 Å². The quantitative estimate of drug-likeness (QED) is 0.277. The normalized spacial score (nSPS) is 12.7. The van der Waals surface area contributed by atoms with Gasteiger partial charge in [-0.25, -0.2) is 10.5 Å². The molecule has 1 aromatic heterocycles. The number of benzene rings is 2. The highest BCUT2D eigenvalue weighted by atomic mass is 79.9. The lowest BCUT2D eigenvalue weighted by Gasteiger charge is -2.04. The molecule has 146 valence electrons. The summed E-state index contributed by atoms with van der Waals surface area (Å²) >= 11 is 4.60. The Balaban J connectivity index is 1.26. The van der Waals surface area contributed by atoms with Crippen LogP contribution in [0.2, 0.25) is 0 Å². The third kappa shape index (κ3) is 5.09. The van der Waals surface area contributed by atoms with Crippen molar-refractivity contribution in [2.75, 3.05) is 16.5 Å². The molecule has 0 fully saturated rings. The van der Waals surface area contributed by atoms with E-state index in [-0.39, 0.29) is 11.7 Å². The van der Waals surface area contributed by atoms with E-state index < -0.39 is 0 Å². The Labute approximate surface area is 179 Å². The Morgan fingerprint density at radius 3 is 3.07 bits per heavy atom. The van der Waals surface area contributed by atoms with Gasteiger partial charge in [-0.15, -0.1) is 5.10 Å². The molecule has 0 saturated heterocycles. The summed E-state index contributed by atoms with van der Waals surface area (Å²) in [5.41, 5.74) is 6.63. The van der Waals surface area contributed by atoms with Crippen LogP contribution in [0.25, 0.3) is 0 Å². The first-order chi connectivity index (χ1) is 14.2. The number of hydrazone groups is 1. The lowest BCUT2D eigenvalue weighted by atomic mass is 10.1. The van der Waals surface area contributed by atoms with Crippen LogP contribution in [0.15, 0.2) is 68.3 Å². The molecular weight excluding hydrogens is 454 g/mol. The van der Waals surface area contributed by atoms with Crippen molar-refractivity contribution in [3.05, 3.63) is 64.1 Å². The first-order valence-corrected chi connectivity index (χ1v) is 10.5. The lowest BCUT2D eigenvalue weighted by molar-refractivity contribution is -0.113. The SMILES string of the molecule is O=C(CSc1n[nH]c(N/N=C\C2=NCc3ccccc32)n1)Nc1cccc(Br)c1. The van der Waals surface area contributed by atoms with E-state index in [0.29, 0.717) is 17.6 Å². The molecule has 0 atom stereocenters. The van der Waals surface area contributed by atoms with Crippen molar-refractivity contribution < 1.29 is 4.79 Å². The number of aromatic amines is 1. The van der Waals surface area contributed by atoms with Crippen molar-refractivity contribution in [1.82, 2.24) is 15.2 Å². The minimum absolute atomic E-state index is 0.136. The van der Waals surface area contributed by atoms with E-state index in [0.717, 1.165) is 21.4 Å². The maximum Gasteiger partial charge on any atom is 0.240 e. The number of thioether (sulfide) groups is 1. The van der Waals surface area contributed by atoms with Crippen molar-refractivity contribution in [3.8, 4) is 0 Å². The Bertz CT molecular complexity index is 1100. The first kappa shape index (κ1) is 19.3. The summed E-state index contributed by atoms with van der Waals surface area (Å²) in [5, 5.41) is 14.3. The van der Waals surface area contributed by atoms with Crippen LogP contribution in [-0.2, 0) is 11.3 Å². The number of aromatic nitrogens is 3. The highest BCUT2D eigenvalue weighted by molar-refractivity contribution is 9.10. The molecule has 1 aliphatic rings. The van der Waals surface area contributed by atoms with Crippen LogP contribution in [0.3, 0.4) is 0 Å². The average Bonchev–Trinajstić information content (AvgIpc) is 3.34. The molecule has 1 aliphatic heterocycles. The summed E-state index contributed by atoms with van der Waals surface area (Å²) in [6, 6.07) is 15.5. The zero-order valence-corrected chi connectivity index (χ0v) is 17.5. The number of rotatable bonds is 7. The van der Waals surface area contributed by atoms with Crippen molar-refractivity contribution in [2.45, 2.75) is 11.7 Å². The molecule has 8 nitrogen and oxygen atoms in total. The Hall–Kier alpha value is -2.98. The molecule has 3 N–H and O–H groups in total. The zero-order chi connectivity index (χ0) is 20.1. The minimum Gasteiger partial charge on any atom is -0.325 e. The number of hydrogen-bond donors (Lipinski definition) is 3. The smallest absolute Gasteiger partial charge is 0.240 e. The number of carbonyl (C=O) groups is 1. The van der Waals surface area contributed by atoms with Gasteiger partial charge in [0.25, 0.3) is 0 Å². The van der Waals surface area contributed by atoms with Crippen LogP contribution >= 0.6 is 27.7 Å². The lowest BCUT2D eigenvalue weighted by Crippen LogP contribution is -2.14. The molecule has 0 saturated carbocycles. The maximum atomic E-state index is 12.1. The van der Waals surface area contributed by atoms with Gasteiger partial charge >= 0.3 is 0 Å². The van der Waals surface area contributed by atoms with Crippen molar-refractivity contribution >= 4 is 57.2 Å². The minimum atomic E-state index is -0.136. The zero-order valence-electron chi connectivity index (χ0n) is 15.1. The summed E-state index contributed by atoms with van der Waals surface area (Å²) < 4.78 is 0.903. The van der Waals surface area contributed by atoms with Crippen LogP contribution < -0.4 is 10.7 Å². The topological polar surface area (TPSA) is 107 Å². The molecule has 1 amide bonds. The molecule has 2 aromatic carbocycles. The monoisotopic (exact) mass is 469 g/mol. The van der Waals surface area contributed by atoms with Crippen LogP contribution in [0.1, 0.15) is 11.1 Å². The van der Waals surface area contributed by atoms with E-state index in [1.807, 2.05) is 42.5 Å². The van der Waals surface area contributed by atoms with Gasteiger partial charge in [-0.05, 0) is 23.8 Å². The molecule has 3 aromatic rings. The number of halogens is 1. The maximum absolute atomic E-state index is 12.1. The van der Waals surface area contributed by atoms with Gasteiger partial charge in [0.15, 0.2) is 0 Å². The first-order valence-electron chi connectivity index (χ1n) is 8.70. The molecule has 29 heavy (non-hydrogen) atoms. The van der Waals surface area contributed by atoms with Gasteiger partial charge in [0.1, 0.15) is 0 Å². The van der Waals surface area contributed by atoms with Crippen LogP contribution in [0, 0.1) is 0 Å². The van der Waals surface area contributed by atoms with Gasteiger partial charge in [-0.1, -0.05) is 58.0 Å². The Morgan fingerprint density at radius 1 is 1.28 bits per heavy atom. The Kier molecular flexibility index (Phi) is 6.01. The number of nitrogens with one attached hydrogen (secondary N) is 3. The summed E-state index contributed by atoms with van der Waals surface area (Å²) in [5.74, 6) is 0.451. The number of H-pyrrole nitrogens is 1. The fourth-order valence-corrected chi connectivity index (χ4v) is 3.68. The number of carbonyl (C=O) groups excluding carboxylic acids is 1. The third-order valence-electron chi connectivity index (χ3n) is 3.98. The third-order valence-corrected chi connectivity index (χ3v) is 5.32. The number of anilines is 2.